The maximum atomic E-state index is 5.46. The predicted molar refractivity (Wildman–Crippen MR) is 79.1 cm³/mol. The van der Waals surface area contributed by atoms with E-state index in [1.54, 1.807) is 14.2 Å². The lowest BCUT2D eigenvalue weighted by atomic mass is 9.78. The first-order valence-electron chi connectivity index (χ1n) is 7.14. The normalized spacial score (nSPS) is 26.8. The van der Waals surface area contributed by atoms with E-state index in [4.69, 9.17) is 9.47 Å². The Morgan fingerprint density at radius 1 is 1.05 bits per heavy atom. The van der Waals surface area contributed by atoms with Crippen LogP contribution >= 0.6 is 0 Å². The Labute approximate surface area is 116 Å². The molecule has 2 atom stereocenters. The van der Waals surface area contributed by atoms with Crippen molar-refractivity contribution in [2.45, 2.75) is 39.2 Å². The van der Waals surface area contributed by atoms with E-state index in [0.29, 0.717) is 17.9 Å². The Balaban J connectivity index is 2.17. The predicted octanol–water partition coefficient (Wildman–Crippen LogP) is 3.94. The Morgan fingerprint density at radius 3 is 2.32 bits per heavy atom. The summed E-state index contributed by atoms with van der Waals surface area (Å²) in [5.41, 5.74) is 1.06. The fourth-order valence-corrected chi connectivity index (χ4v) is 3.06. The third kappa shape index (κ3) is 3.14. The van der Waals surface area contributed by atoms with Gasteiger partial charge in [0.1, 0.15) is 11.5 Å². The van der Waals surface area contributed by atoms with Gasteiger partial charge in [0.25, 0.3) is 0 Å². The maximum Gasteiger partial charge on any atom is 0.145 e. The molecule has 1 saturated carbocycles. The highest BCUT2D eigenvalue weighted by atomic mass is 16.5. The highest BCUT2D eigenvalue weighted by Gasteiger charge is 2.28. The molecule has 1 aromatic rings. The Bertz CT molecular complexity index is 409. The van der Waals surface area contributed by atoms with Crippen LogP contribution in [0, 0.1) is 11.8 Å². The SMILES string of the molecule is COc1ccc(NC2C(C)CCCC2C)c(OC)c1. The summed E-state index contributed by atoms with van der Waals surface area (Å²) >= 11 is 0. The molecule has 19 heavy (non-hydrogen) atoms. The lowest BCUT2D eigenvalue weighted by molar-refractivity contribution is 0.267. The molecule has 106 valence electrons. The average Bonchev–Trinajstić information content (AvgIpc) is 2.43. The Kier molecular flexibility index (Phi) is 4.56. The van der Waals surface area contributed by atoms with Gasteiger partial charge in [-0.15, -0.1) is 0 Å². The number of hydrogen-bond donors (Lipinski definition) is 1. The third-order valence-corrected chi connectivity index (χ3v) is 4.28. The minimum atomic E-state index is 0.524. The molecule has 1 fully saturated rings. The smallest absolute Gasteiger partial charge is 0.145 e. The second-order valence-corrected chi connectivity index (χ2v) is 5.62. The molecular formula is C16H25NO2. The quantitative estimate of drug-likeness (QED) is 0.892. The van der Waals surface area contributed by atoms with Gasteiger partial charge < -0.3 is 14.8 Å². The van der Waals surface area contributed by atoms with Crippen LogP contribution in [-0.4, -0.2) is 20.3 Å². The van der Waals surface area contributed by atoms with Crippen LogP contribution in [-0.2, 0) is 0 Å². The molecule has 0 aliphatic heterocycles. The number of nitrogens with one attached hydrogen (secondary N) is 1. The number of benzene rings is 1. The van der Waals surface area contributed by atoms with Crippen LogP contribution in [0.25, 0.3) is 0 Å². The topological polar surface area (TPSA) is 30.5 Å². The molecule has 0 saturated heterocycles. The largest absolute Gasteiger partial charge is 0.497 e. The van der Waals surface area contributed by atoms with Gasteiger partial charge in [0.05, 0.1) is 19.9 Å². The molecule has 1 aromatic carbocycles. The molecular weight excluding hydrogens is 238 g/mol. The molecule has 0 amide bonds. The van der Waals surface area contributed by atoms with Crippen LogP contribution in [0.1, 0.15) is 33.1 Å². The first kappa shape index (κ1) is 14.0. The Hall–Kier alpha value is -1.38. The summed E-state index contributed by atoms with van der Waals surface area (Å²) in [5.74, 6) is 3.09. The van der Waals surface area contributed by atoms with Crippen LogP contribution in [0.15, 0.2) is 18.2 Å². The molecule has 0 radical (unpaired) electrons. The van der Waals surface area contributed by atoms with Crippen molar-refractivity contribution < 1.29 is 9.47 Å². The fourth-order valence-electron chi connectivity index (χ4n) is 3.06. The maximum absolute atomic E-state index is 5.46. The van der Waals surface area contributed by atoms with Crippen molar-refractivity contribution in [2.75, 3.05) is 19.5 Å². The molecule has 3 heteroatoms. The van der Waals surface area contributed by atoms with Gasteiger partial charge in [-0.2, -0.15) is 0 Å². The number of ether oxygens (including phenoxy) is 2. The molecule has 1 N–H and O–H groups in total. The molecule has 2 rings (SSSR count). The lowest BCUT2D eigenvalue weighted by Crippen LogP contribution is -2.37. The van der Waals surface area contributed by atoms with E-state index in [-0.39, 0.29) is 0 Å². The van der Waals surface area contributed by atoms with Gasteiger partial charge in [0.15, 0.2) is 0 Å². The number of rotatable bonds is 4. The standard InChI is InChI=1S/C16H25NO2/c1-11-6-5-7-12(2)16(11)17-14-9-8-13(18-3)10-15(14)19-4/h8-12,16-17H,5-7H2,1-4H3. The third-order valence-electron chi connectivity index (χ3n) is 4.28. The second-order valence-electron chi connectivity index (χ2n) is 5.62. The average molecular weight is 263 g/mol. The fraction of sp³-hybridized carbons (Fsp3) is 0.625. The summed E-state index contributed by atoms with van der Waals surface area (Å²) in [5, 5.41) is 3.67. The lowest BCUT2D eigenvalue weighted by Gasteiger charge is -2.36. The van der Waals surface area contributed by atoms with Crippen molar-refractivity contribution in [2.24, 2.45) is 11.8 Å². The van der Waals surface area contributed by atoms with E-state index in [2.05, 4.69) is 19.2 Å². The monoisotopic (exact) mass is 263 g/mol. The minimum Gasteiger partial charge on any atom is -0.497 e. The molecule has 1 aliphatic rings. The molecule has 0 aromatic heterocycles. The molecule has 2 unspecified atom stereocenters. The van der Waals surface area contributed by atoms with Gasteiger partial charge in [0, 0.05) is 12.1 Å². The van der Waals surface area contributed by atoms with Crippen LogP contribution < -0.4 is 14.8 Å². The van der Waals surface area contributed by atoms with Gasteiger partial charge in [-0.1, -0.05) is 20.3 Å². The zero-order valence-corrected chi connectivity index (χ0v) is 12.4. The Morgan fingerprint density at radius 2 is 1.74 bits per heavy atom. The summed E-state index contributed by atoms with van der Waals surface area (Å²) in [4.78, 5) is 0. The molecule has 0 spiro atoms. The van der Waals surface area contributed by atoms with E-state index in [1.807, 2.05) is 18.2 Å². The van der Waals surface area contributed by atoms with Crippen molar-refractivity contribution in [1.82, 2.24) is 0 Å². The van der Waals surface area contributed by atoms with Gasteiger partial charge in [-0.05, 0) is 36.8 Å². The van der Waals surface area contributed by atoms with Crippen LogP contribution in [0.5, 0.6) is 11.5 Å². The zero-order valence-electron chi connectivity index (χ0n) is 12.4. The first-order valence-corrected chi connectivity index (χ1v) is 7.14. The number of methoxy groups -OCH3 is 2. The summed E-state index contributed by atoms with van der Waals surface area (Å²) in [6.45, 7) is 4.67. The van der Waals surface area contributed by atoms with Gasteiger partial charge >= 0.3 is 0 Å². The van der Waals surface area contributed by atoms with E-state index in [9.17, 15) is 0 Å². The molecule has 0 heterocycles. The van der Waals surface area contributed by atoms with Crippen molar-refractivity contribution in [3.63, 3.8) is 0 Å². The van der Waals surface area contributed by atoms with Crippen molar-refractivity contribution >= 4 is 5.69 Å². The van der Waals surface area contributed by atoms with Gasteiger partial charge in [-0.25, -0.2) is 0 Å². The highest BCUT2D eigenvalue weighted by molar-refractivity contribution is 5.59. The number of anilines is 1. The van der Waals surface area contributed by atoms with Crippen LogP contribution in [0.3, 0.4) is 0 Å². The van der Waals surface area contributed by atoms with Crippen LogP contribution in [0.2, 0.25) is 0 Å². The van der Waals surface area contributed by atoms with Crippen molar-refractivity contribution in [3.05, 3.63) is 18.2 Å². The summed E-state index contributed by atoms with van der Waals surface area (Å²) in [6.07, 6.45) is 3.96. The number of hydrogen-bond acceptors (Lipinski definition) is 3. The second kappa shape index (κ2) is 6.18. The van der Waals surface area contributed by atoms with E-state index in [0.717, 1.165) is 17.2 Å². The van der Waals surface area contributed by atoms with Gasteiger partial charge in [0.2, 0.25) is 0 Å². The summed E-state index contributed by atoms with van der Waals surface area (Å²) < 4.78 is 10.7. The van der Waals surface area contributed by atoms with Crippen molar-refractivity contribution in [3.8, 4) is 11.5 Å². The van der Waals surface area contributed by atoms with Gasteiger partial charge in [-0.3, -0.25) is 0 Å². The molecule has 1 aliphatic carbocycles. The summed E-state index contributed by atoms with van der Waals surface area (Å²) in [6, 6.07) is 6.48. The van der Waals surface area contributed by atoms with Crippen LogP contribution in [0.4, 0.5) is 5.69 Å². The zero-order chi connectivity index (χ0) is 13.8. The molecule has 3 nitrogen and oxygen atoms in total. The van der Waals surface area contributed by atoms with Crippen molar-refractivity contribution in [1.29, 1.82) is 0 Å². The van der Waals surface area contributed by atoms with E-state index < -0.39 is 0 Å². The summed E-state index contributed by atoms with van der Waals surface area (Å²) in [7, 11) is 3.38. The first-order chi connectivity index (χ1) is 9.15. The molecule has 0 bridgehead atoms. The minimum absolute atomic E-state index is 0.524. The van der Waals surface area contributed by atoms with E-state index >= 15 is 0 Å². The highest BCUT2D eigenvalue weighted by Crippen LogP contribution is 2.35. The van der Waals surface area contributed by atoms with E-state index in [1.165, 1.54) is 19.3 Å².